The highest BCUT2D eigenvalue weighted by Gasteiger charge is 2.13. The van der Waals surface area contributed by atoms with E-state index in [1.54, 1.807) is 26.4 Å². The molecule has 5 nitrogen and oxygen atoms in total. The molecule has 0 unspecified atom stereocenters. The lowest BCUT2D eigenvalue weighted by molar-refractivity contribution is 0.355. The first kappa shape index (κ1) is 13.2. The minimum Gasteiger partial charge on any atom is -0.493 e. The van der Waals surface area contributed by atoms with Gasteiger partial charge in [-0.15, -0.1) is 0 Å². The van der Waals surface area contributed by atoms with E-state index in [9.17, 15) is 0 Å². The van der Waals surface area contributed by atoms with Crippen molar-refractivity contribution in [3.63, 3.8) is 0 Å². The lowest BCUT2D eigenvalue weighted by Crippen LogP contribution is -1.90. The van der Waals surface area contributed by atoms with Crippen molar-refractivity contribution in [1.29, 1.82) is 0 Å². The highest BCUT2D eigenvalue weighted by molar-refractivity contribution is 5.62. The van der Waals surface area contributed by atoms with Crippen molar-refractivity contribution in [2.45, 2.75) is 0 Å². The molecule has 21 heavy (non-hydrogen) atoms. The molecule has 1 aromatic heterocycles. The highest BCUT2D eigenvalue weighted by atomic mass is 16.5. The molecule has 1 heterocycles. The summed E-state index contributed by atoms with van der Waals surface area (Å²) >= 11 is 0. The normalized spacial score (nSPS) is 10.4. The molecular weight excluding hydrogens is 268 g/mol. The number of benzene rings is 2. The number of rotatable bonds is 4. The lowest BCUT2D eigenvalue weighted by atomic mass is 10.2. The molecule has 0 bridgehead atoms. The second-order valence-corrected chi connectivity index (χ2v) is 4.36. The molecule has 0 atom stereocenters. The van der Waals surface area contributed by atoms with Crippen LogP contribution in [0.15, 0.2) is 53.1 Å². The minimum absolute atomic E-state index is 0.440. The van der Waals surface area contributed by atoms with Crippen LogP contribution < -0.4 is 9.47 Å². The van der Waals surface area contributed by atoms with Gasteiger partial charge in [0.05, 0.1) is 14.2 Å². The van der Waals surface area contributed by atoms with Crippen LogP contribution in [0.5, 0.6) is 11.5 Å². The maximum Gasteiger partial charge on any atom is 0.258 e. The van der Waals surface area contributed by atoms with Gasteiger partial charge in [-0.25, -0.2) is 0 Å². The number of hydrogen-bond donors (Lipinski definition) is 0. The largest absolute Gasteiger partial charge is 0.493 e. The van der Waals surface area contributed by atoms with E-state index in [0.717, 1.165) is 11.1 Å². The van der Waals surface area contributed by atoms with Crippen molar-refractivity contribution in [3.8, 4) is 34.3 Å². The first-order valence-electron chi connectivity index (χ1n) is 6.43. The van der Waals surface area contributed by atoms with Crippen molar-refractivity contribution in [1.82, 2.24) is 10.1 Å². The van der Waals surface area contributed by atoms with Gasteiger partial charge in [-0.3, -0.25) is 0 Å². The average molecular weight is 282 g/mol. The second kappa shape index (κ2) is 5.66. The average Bonchev–Trinajstić information content (AvgIpc) is 3.05. The Morgan fingerprint density at radius 2 is 1.62 bits per heavy atom. The zero-order chi connectivity index (χ0) is 14.7. The van der Waals surface area contributed by atoms with Crippen LogP contribution in [-0.2, 0) is 0 Å². The van der Waals surface area contributed by atoms with Gasteiger partial charge >= 0.3 is 0 Å². The quantitative estimate of drug-likeness (QED) is 0.733. The van der Waals surface area contributed by atoms with Gasteiger partial charge in [0.2, 0.25) is 5.82 Å². The van der Waals surface area contributed by atoms with E-state index in [0.29, 0.717) is 23.2 Å². The third-order valence-corrected chi connectivity index (χ3v) is 3.09. The van der Waals surface area contributed by atoms with E-state index >= 15 is 0 Å². The zero-order valence-corrected chi connectivity index (χ0v) is 11.7. The van der Waals surface area contributed by atoms with E-state index < -0.39 is 0 Å². The Morgan fingerprint density at radius 1 is 0.857 bits per heavy atom. The fraction of sp³-hybridized carbons (Fsp3) is 0.125. The van der Waals surface area contributed by atoms with Crippen LogP contribution in [0.3, 0.4) is 0 Å². The number of ether oxygens (including phenoxy) is 2. The highest BCUT2D eigenvalue weighted by Crippen LogP contribution is 2.32. The number of aromatic nitrogens is 2. The van der Waals surface area contributed by atoms with Gasteiger partial charge in [0, 0.05) is 11.1 Å². The molecule has 0 saturated carbocycles. The predicted molar refractivity (Wildman–Crippen MR) is 78.3 cm³/mol. The summed E-state index contributed by atoms with van der Waals surface area (Å²) < 4.78 is 15.8. The molecule has 0 saturated heterocycles. The monoisotopic (exact) mass is 282 g/mol. The molecule has 0 radical (unpaired) electrons. The van der Waals surface area contributed by atoms with E-state index in [1.807, 2.05) is 36.4 Å². The summed E-state index contributed by atoms with van der Waals surface area (Å²) in [6.45, 7) is 0. The Bertz CT molecular complexity index is 738. The Kier molecular flexibility index (Phi) is 3.55. The van der Waals surface area contributed by atoms with E-state index in [4.69, 9.17) is 14.0 Å². The van der Waals surface area contributed by atoms with Gasteiger partial charge in [-0.2, -0.15) is 4.98 Å². The summed E-state index contributed by atoms with van der Waals surface area (Å²) in [6.07, 6.45) is 0. The van der Waals surface area contributed by atoms with Crippen molar-refractivity contribution in [2.75, 3.05) is 14.2 Å². The van der Waals surface area contributed by atoms with E-state index in [2.05, 4.69) is 10.1 Å². The zero-order valence-electron chi connectivity index (χ0n) is 11.7. The van der Waals surface area contributed by atoms with Crippen molar-refractivity contribution in [3.05, 3.63) is 48.5 Å². The van der Waals surface area contributed by atoms with E-state index in [1.165, 1.54) is 0 Å². The third kappa shape index (κ3) is 2.58. The molecule has 106 valence electrons. The van der Waals surface area contributed by atoms with Crippen LogP contribution in [0.2, 0.25) is 0 Å². The van der Waals surface area contributed by atoms with Crippen LogP contribution in [0.25, 0.3) is 22.8 Å². The molecule has 0 N–H and O–H groups in total. The van der Waals surface area contributed by atoms with Crippen LogP contribution in [0.4, 0.5) is 0 Å². The smallest absolute Gasteiger partial charge is 0.258 e. The van der Waals surface area contributed by atoms with Crippen LogP contribution in [-0.4, -0.2) is 24.4 Å². The molecule has 0 amide bonds. The summed E-state index contributed by atoms with van der Waals surface area (Å²) in [5.74, 6) is 2.27. The summed E-state index contributed by atoms with van der Waals surface area (Å²) in [4.78, 5) is 4.41. The maximum absolute atomic E-state index is 5.32. The molecule has 0 spiro atoms. The first-order chi connectivity index (χ1) is 10.3. The van der Waals surface area contributed by atoms with Crippen LogP contribution >= 0.6 is 0 Å². The van der Waals surface area contributed by atoms with Crippen molar-refractivity contribution in [2.24, 2.45) is 0 Å². The molecule has 3 aromatic rings. The van der Waals surface area contributed by atoms with Crippen LogP contribution in [0.1, 0.15) is 0 Å². The summed E-state index contributed by atoms with van der Waals surface area (Å²) in [5, 5.41) is 4.00. The van der Waals surface area contributed by atoms with Gasteiger partial charge in [-0.05, 0) is 18.2 Å². The Balaban J connectivity index is 1.97. The number of nitrogens with zero attached hydrogens (tertiary/aromatic N) is 2. The van der Waals surface area contributed by atoms with Gasteiger partial charge in [-0.1, -0.05) is 35.5 Å². The van der Waals surface area contributed by atoms with E-state index in [-0.39, 0.29) is 0 Å². The molecule has 2 aromatic carbocycles. The van der Waals surface area contributed by atoms with Gasteiger partial charge in [0.25, 0.3) is 5.89 Å². The maximum atomic E-state index is 5.32. The van der Waals surface area contributed by atoms with Gasteiger partial charge in [0.15, 0.2) is 11.5 Å². The second-order valence-electron chi connectivity index (χ2n) is 4.36. The Labute approximate surface area is 122 Å². The molecule has 0 aliphatic rings. The van der Waals surface area contributed by atoms with Gasteiger partial charge < -0.3 is 14.0 Å². The van der Waals surface area contributed by atoms with Gasteiger partial charge in [0.1, 0.15) is 0 Å². The minimum atomic E-state index is 0.440. The van der Waals surface area contributed by atoms with Crippen molar-refractivity contribution >= 4 is 0 Å². The molecule has 0 aliphatic heterocycles. The SMILES string of the molecule is COc1ccc(-c2nc(-c3ccccc3)no2)cc1OC. The number of hydrogen-bond acceptors (Lipinski definition) is 5. The number of methoxy groups -OCH3 is 2. The summed E-state index contributed by atoms with van der Waals surface area (Å²) in [7, 11) is 3.18. The standard InChI is InChI=1S/C16H14N2O3/c1-19-13-9-8-12(10-14(13)20-2)16-17-15(18-21-16)11-6-4-3-5-7-11/h3-10H,1-2H3. The summed E-state index contributed by atoms with van der Waals surface area (Å²) in [5.41, 5.74) is 1.69. The molecule has 3 rings (SSSR count). The topological polar surface area (TPSA) is 57.4 Å². The fourth-order valence-electron chi connectivity index (χ4n) is 2.01. The molecule has 0 fully saturated rings. The molecule has 0 aliphatic carbocycles. The Hall–Kier alpha value is -2.82. The summed E-state index contributed by atoms with van der Waals surface area (Å²) in [6, 6.07) is 15.1. The first-order valence-corrected chi connectivity index (χ1v) is 6.43. The molecular formula is C16H14N2O3. The lowest BCUT2D eigenvalue weighted by Gasteiger charge is -2.07. The third-order valence-electron chi connectivity index (χ3n) is 3.09. The van der Waals surface area contributed by atoms with Crippen molar-refractivity contribution < 1.29 is 14.0 Å². The molecule has 5 heteroatoms. The predicted octanol–water partition coefficient (Wildman–Crippen LogP) is 3.42. The Morgan fingerprint density at radius 3 is 2.33 bits per heavy atom. The fourth-order valence-corrected chi connectivity index (χ4v) is 2.01. The van der Waals surface area contributed by atoms with Crippen LogP contribution in [0, 0.1) is 0 Å².